The van der Waals surface area contributed by atoms with Crippen LogP contribution in [0, 0.1) is 6.92 Å². The van der Waals surface area contributed by atoms with E-state index >= 15 is 0 Å². The van der Waals surface area contributed by atoms with E-state index in [9.17, 15) is 13.2 Å². The lowest BCUT2D eigenvalue weighted by Crippen LogP contribution is -2.25. The molecular weight excluding hydrogens is 380 g/mol. The molecule has 0 saturated carbocycles. The number of amides is 1. The number of sulfonamides is 1. The number of carbonyl (C=O) groups is 1. The highest BCUT2D eigenvalue weighted by Crippen LogP contribution is 2.18. The third-order valence-corrected chi connectivity index (χ3v) is 5.34. The van der Waals surface area contributed by atoms with E-state index in [-0.39, 0.29) is 12.5 Å². The Morgan fingerprint density at radius 2 is 1.89 bits per heavy atom. The molecular formula is C19H20N4O4S. The fourth-order valence-electron chi connectivity index (χ4n) is 2.50. The van der Waals surface area contributed by atoms with E-state index in [4.69, 9.17) is 4.52 Å². The lowest BCUT2D eigenvalue weighted by Gasteiger charge is -2.16. The van der Waals surface area contributed by atoms with Crippen LogP contribution < -0.4 is 9.62 Å². The Hall–Kier alpha value is -3.20. The lowest BCUT2D eigenvalue weighted by atomic mass is 10.1. The van der Waals surface area contributed by atoms with Crippen LogP contribution in [0.3, 0.4) is 0 Å². The number of anilines is 1. The van der Waals surface area contributed by atoms with Crippen molar-refractivity contribution in [2.75, 3.05) is 17.6 Å². The number of rotatable bonds is 6. The van der Waals surface area contributed by atoms with Gasteiger partial charge in [-0.2, -0.15) is 4.98 Å². The molecule has 2 aromatic carbocycles. The molecule has 8 nitrogen and oxygen atoms in total. The van der Waals surface area contributed by atoms with Crippen molar-refractivity contribution in [3.8, 4) is 11.4 Å². The first-order chi connectivity index (χ1) is 13.2. The van der Waals surface area contributed by atoms with Crippen LogP contribution in [0.1, 0.15) is 21.8 Å². The molecule has 0 aliphatic heterocycles. The van der Waals surface area contributed by atoms with E-state index in [1.807, 2.05) is 31.2 Å². The van der Waals surface area contributed by atoms with Crippen LogP contribution in [-0.2, 0) is 16.6 Å². The van der Waals surface area contributed by atoms with E-state index in [0.717, 1.165) is 21.7 Å². The van der Waals surface area contributed by atoms with Gasteiger partial charge in [0.15, 0.2) is 0 Å². The average molecular weight is 400 g/mol. The van der Waals surface area contributed by atoms with Crippen molar-refractivity contribution >= 4 is 21.6 Å². The maximum absolute atomic E-state index is 12.3. The summed E-state index contributed by atoms with van der Waals surface area (Å²) in [5.74, 6) is 0.420. The molecule has 146 valence electrons. The summed E-state index contributed by atoms with van der Waals surface area (Å²) < 4.78 is 29.4. The number of hydrogen-bond acceptors (Lipinski definition) is 6. The summed E-state index contributed by atoms with van der Waals surface area (Å²) in [7, 11) is -1.90. The van der Waals surface area contributed by atoms with Gasteiger partial charge in [-0.1, -0.05) is 28.9 Å². The Bertz CT molecular complexity index is 1090. The van der Waals surface area contributed by atoms with E-state index < -0.39 is 10.0 Å². The van der Waals surface area contributed by atoms with Crippen molar-refractivity contribution < 1.29 is 17.7 Å². The molecule has 28 heavy (non-hydrogen) atoms. The van der Waals surface area contributed by atoms with Crippen LogP contribution in [0.15, 0.2) is 53.1 Å². The third-order valence-electron chi connectivity index (χ3n) is 4.14. The van der Waals surface area contributed by atoms with Crippen LogP contribution in [0.25, 0.3) is 11.4 Å². The molecule has 1 N–H and O–H groups in total. The summed E-state index contributed by atoms with van der Waals surface area (Å²) in [6, 6.07) is 14.0. The Morgan fingerprint density at radius 3 is 2.54 bits per heavy atom. The van der Waals surface area contributed by atoms with Crippen molar-refractivity contribution in [3.63, 3.8) is 0 Å². The summed E-state index contributed by atoms with van der Waals surface area (Å²) in [6.07, 6.45) is 1.11. The molecule has 1 amide bonds. The predicted octanol–water partition coefficient (Wildman–Crippen LogP) is 2.37. The van der Waals surface area contributed by atoms with Crippen molar-refractivity contribution in [2.24, 2.45) is 0 Å². The number of benzene rings is 2. The summed E-state index contributed by atoms with van der Waals surface area (Å²) in [6.45, 7) is 2.06. The molecule has 0 aliphatic rings. The van der Waals surface area contributed by atoms with Crippen molar-refractivity contribution in [3.05, 3.63) is 65.5 Å². The van der Waals surface area contributed by atoms with Gasteiger partial charge in [0.2, 0.25) is 21.7 Å². The minimum absolute atomic E-state index is 0.0860. The Balaban J connectivity index is 1.63. The zero-order chi connectivity index (χ0) is 20.3. The number of nitrogens with zero attached hydrogens (tertiary/aromatic N) is 3. The molecule has 0 bridgehead atoms. The topological polar surface area (TPSA) is 105 Å². The first-order valence-corrected chi connectivity index (χ1v) is 10.3. The molecule has 0 fully saturated rings. The Labute approximate surface area is 163 Å². The van der Waals surface area contributed by atoms with Crippen LogP contribution >= 0.6 is 0 Å². The van der Waals surface area contributed by atoms with E-state index in [1.165, 1.54) is 7.05 Å². The second kappa shape index (κ2) is 7.81. The number of nitrogens with one attached hydrogen (secondary N) is 1. The van der Waals surface area contributed by atoms with Gasteiger partial charge in [0, 0.05) is 18.2 Å². The number of carbonyl (C=O) groups excluding carboxylic acids is 1. The lowest BCUT2D eigenvalue weighted by molar-refractivity contribution is 0.0946. The van der Waals surface area contributed by atoms with E-state index in [1.54, 1.807) is 24.3 Å². The average Bonchev–Trinajstić information content (AvgIpc) is 3.14. The van der Waals surface area contributed by atoms with Gasteiger partial charge in [0.05, 0.1) is 18.5 Å². The van der Waals surface area contributed by atoms with Gasteiger partial charge in [0.25, 0.3) is 5.91 Å². The molecule has 0 atom stereocenters. The summed E-state index contributed by atoms with van der Waals surface area (Å²) >= 11 is 0. The third kappa shape index (κ3) is 4.55. The van der Waals surface area contributed by atoms with Gasteiger partial charge in [-0.15, -0.1) is 0 Å². The molecule has 1 aromatic heterocycles. The SMILES string of the molecule is Cc1cccc(-c2noc(CNC(=O)c3ccc(N(C)S(C)(=O)=O)cc3)n2)c1. The smallest absolute Gasteiger partial charge is 0.251 e. The normalized spacial score (nSPS) is 11.2. The summed E-state index contributed by atoms with van der Waals surface area (Å²) in [5.41, 5.74) is 2.79. The van der Waals surface area contributed by atoms with E-state index in [0.29, 0.717) is 23.0 Å². The molecule has 1 heterocycles. The number of aromatic nitrogens is 2. The monoisotopic (exact) mass is 400 g/mol. The minimum atomic E-state index is -3.35. The van der Waals surface area contributed by atoms with Crippen molar-refractivity contribution in [1.82, 2.24) is 15.5 Å². The quantitative estimate of drug-likeness (QED) is 0.681. The van der Waals surface area contributed by atoms with Crippen molar-refractivity contribution in [2.45, 2.75) is 13.5 Å². The first-order valence-electron chi connectivity index (χ1n) is 8.46. The summed E-state index contributed by atoms with van der Waals surface area (Å²) in [4.78, 5) is 16.6. The predicted molar refractivity (Wildman–Crippen MR) is 105 cm³/mol. The van der Waals surface area contributed by atoms with Gasteiger partial charge in [-0.3, -0.25) is 9.10 Å². The number of hydrogen-bond donors (Lipinski definition) is 1. The van der Waals surface area contributed by atoms with Gasteiger partial charge in [-0.05, 0) is 37.3 Å². The van der Waals surface area contributed by atoms with Crippen LogP contribution in [-0.4, -0.2) is 37.8 Å². The molecule has 0 radical (unpaired) electrons. The minimum Gasteiger partial charge on any atom is -0.343 e. The van der Waals surface area contributed by atoms with Gasteiger partial charge in [0.1, 0.15) is 0 Å². The largest absolute Gasteiger partial charge is 0.343 e. The van der Waals surface area contributed by atoms with Gasteiger partial charge < -0.3 is 9.84 Å². The van der Waals surface area contributed by atoms with Gasteiger partial charge >= 0.3 is 0 Å². The molecule has 0 unspecified atom stereocenters. The fourth-order valence-corrected chi connectivity index (χ4v) is 3.00. The van der Waals surface area contributed by atoms with Crippen molar-refractivity contribution in [1.29, 1.82) is 0 Å². The molecule has 0 saturated heterocycles. The van der Waals surface area contributed by atoms with Crippen LogP contribution in [0.4, 0.5) is 5.69 Å². The molecule has 9 heteroatoms. The Morgan fingerprint density at radius 1 is 1.18 bits per heavy atom. The van der Waals surface area contributed by atoms with Gasteiger partial charge in [-0.25, -0.2) is 8.42 Å². The van der Waals surface area contributed by atoms with E-state index in [2.05, 4.69) is 15.5 Å². The second-order valence-corrected chi connectivity index (χ2v) is 8.36. The number of aryl methyl sites for hydroxylation is 1. The standard InChI is InChI=1S/C19H20N4O4S/c1-13-5-4-6-15(11-13)18-21-17(27-22-18)12-20-19(24)14-7-9-16(10-8-14)23(2)28(3,25)26/h4-11H,12H2,1-3H3,(H,20,24). The highest BCUT2D eigenvalue weighted by Gasteiger charge is 2.14. The Kier molecular flexibility index (Phi) is 5.46. The maximum Gasteiger partial charge on any atom is 0.251 e. The van der Waals surface area contributed by atoms with Crippen LogP contribution in [0.5, 0.6) is 0 Å². The maximum atomic E-state index is 12.3. The van der Waals surface area contributed by atoms with Crippen LogP contribution in [0.2, 0.25) is 0 Å². The molecule has 3 rings (SSSR count). The second-order valence-electron chi connectivity index (χ2n) is 6.34. The summed E-state index contributed by atoms with van der Waals surface area (Å²) in [5, 5.41) is 6.64. The zero-order valence-corrected chi connectivity index (χ0v) is 16.5. The zero-order valence-electron chi connectivity index (χ0n) is 15.7. The molecule has 3 aromatic rings. The highest BCUT2D eigenvalue weighted by atomic mass is 32.2. The molecule has 0 aliphatic carbocycles. The first kappa shape index (κ1) is 19.6. The molecule has 0 spiro atoms. The fraction of sp³-hybridized carbons (Fsp3) is 0.211. The highest BCUT2D eigenvalue weighted by molar-refractivity contribution is 7.92.